The zero-order valence-corrected chi connectivity index (χ0v) is 36.8. The van der Waals surface area contributed by atoms with Crippen LogP contribution >= 0.6 is 11.3 Å². The van der Waals surface area contributed by atoms with Crippen LogP contribution in [0.25, 0.3) is 75.5 Å². The van der Waals surface area contributed by atoms with Gasteiger partial charge in [0.05, 0.1) is 5.69 Å². The minimum absolute atomic E-state index is 0.0461. The van der Waals surface area contributed by atoms with Crippen LogP contribution in [-0.2, 0) is 5.41 Å². The normalized spacial score (nSPS) is 14.6. The van der Waals surface area contributed by atoms with Gasteiger partial charge in [-0.1, -0.05) is 191 Å². The van der Waals surface area contributed by atoms with Gasteiger partial charge in [0.1, 0.15) is 0 Å². The quantitative estimate of drug-likeness (QED) is 0.155. The first-order chi connectivity index (χ1) is 31.0. The number of benzene rings is 9. The Bertz CT molecular complexity index is 3340. The molecule has 2 aliphatic carbocycles. The zero-order chi connectivity index (χ0) is 42.1. The number of thiophene rings is 1. The van der Waals surface area contributed by atoms with Crippen molar-refractivity contribution in [2.75, 3.05) is 4.90 Å². The van der Waals surface area contributed by atoms with Crippen LogP contribution in [-0.4, -0.2) is 0 Å². The van der Waals surface area contributed by atoms with Crippen molar-refractivity contribution in [2.45, 2.75) is 57.3 Å². The van der Waals surface area contributed by atoms with Gasteiger partial charge in [0, 0.05) is 42.5 Å². The Labute approximate surface area is 374 Å². The number of anilines is 3. The molecule has 0 atom stereocenters. The van der Waals surface area contributed by atoms with E-state index in [4.69, 9.17) is 0 Å². The Morgan fingerprint density at radius 2 is 1.03 bits per heavy atom. The predicted octanol–water partition coefficient (Wildman–Crippen LogP) is 18.0. The van der Waals surface area contributed by atoms with Crippen LogP contribution in [0.3, 0.4) is 0 Å². The largest absolute Gasteiger partial charge is 0.310 e. The smallest absolute Gasteiger partial charge is 0.0540 e. The van der Waals surface area contributed by atoms with E-state index in [1.54, 1.807) is 0 Å². The maximum atomic E-state index is 2.48. The first kappa shape index (κ1) is 38.0. The summed E-state index contributed by atoms with van der Waals surface area (Å²) in [5.41, 5.74) is 18.0. The molecule has 0 saturated heterocycles. The lowest BCUT2D eigenvalue weighted by atomic mass is 9.80. The summed E-state index contributed by atoms with van der Waals surface area (Å²) in [7, 11) is 0. The number of rotatable bonds is 7. The molecule has 0 aliphatic heterocycles. The molecule has 1 saturated carbocycles. The summed E-state index contributed by atoms with van der Waals surface area (Å²) in [6.07, 6.45) is 6.51. The molecule has 1 fully saturated rings. The van der Waals surface area contributed by atoms with Crippen LogP contribution in [0.15, 0.2) is 194 Å². The van der Waals surface area contributed by atoms with Gasteiger partial charge in [-0.05, 0) is 122 Å². The third kappa shape index (κ3) is 6.26. The summed E-state index contributed by atoms with van der Waals surface area (Å²) in [6, 6.07) is 73.0. The summed E-state index contributed by atoms with van der Waals surface area (Å²) < 4.78 is 2.67. The van der Waals surface area contributed by atoms with E-state index < -0.39 is 0 Å². The van der Waals surface area contributed by atoms with Gasteiger partial charge < -0.3 is 4.90 Å². The van der Waals surface area contributed by atoms with E-state index in [-0.39, 0.29) is 5.41 Å². The van der Waals surface area contributed by atoms with E-state index in [9.17, 15) is 0 Å². The fraction of sp³-hybridized carbons (Fsp3) is 0.148. The van der Waals surface area contributed by atoms with Crippen molar-refractivity contribution in [1.29, 1.82) is 0 Å². The minimum Gasteiger partial charge on any atom is -0.310 e. The Balaban J connectivity index is 1.02. The zero-order valence-electron chi connectivity index (χ0n) is 35.9. The molecule has 63 heavy (non-hydrogen) atoms. The Morgan fingerprint density at radius 3 is 1.83 bits per heavy atom. The van der Waals surface area contributed by atoms with Crippen LogP contribution in [0.2, 0.25) is 0 Å². The Kier molecular flexibility index (Phi) is 9.20. The molecule has 1 nitrogen and oxygen atoms in total. The summed E-state index contributed by atoms with van der Waals surface area (Å²) in [6.45, 7) is 4.73. The maximum Gasteiger partial charge on any atom is 0.0540 e. The van der Waals surface area contributed by atoms with E-state index in [2.05, 4.69) is 213 Å². The molecule has 0 radical (unpaired) electrons. The average Bonchev–Trinajstić information content (AvgIpc) is 3.84. The van der Waals surface area contributed by atoms with Crippen molar-refractivity contribution in [2.24, 2.45) is 0 Å². The fourth-order valence-corrected chi connectivity index (χ4v) is 12.5. The number of para-hydroxylation sites is 1. The third-order valence-electron chi connectivity index (χ3n) is 14.3. The Hall–Kier alpha value is -6.74. The van der Waals surface area contributed by atoms with Gasteiger partial charge in [0.25, 0.3) is 0 Å². The lowest BCUT2D eigenvalue weighted by Gasteiger charge is -2.29. The molecule has 0 amide bonds. The molecule has 1 heterocycles. The second kappa shape index (κ2) is 15.3. The number of hydrogen-bond acceptors (Lipinski definition) is 2. The van der Waals surface area contributed by atoms with Crippen LogP contribution in [0.4, 0.5) is 17.1 Å². The molecule has 2 heteroatoms. The molecular weight excluding hydrogens is 779 g/mol. The molecule has 1 aromatic heterocycles. The second-order valence-corrected chi connectivity index (χ2v) is 19.3. The first-order valence-corrected chi connectivity index (χ1v) is 23.6. The average molecular weight is 828 g/mol. The van der Waals surface area contributed by atoms with Crippen LogP contribution < -0.4 is 4.90 Å². The fourth-order valence-electron chi connectivity index (χ4n) is 11.2. The van der Waals surface area contributed by atoms with Gasteiger partial charge in [-0.2, -0.15) is 0 Å². The van der Waals surface area contributed by atoms with Crippen molar-refractivity contribution in [3.8, 4) is 44.5 Å². The first-order valence-electron chi connectivity index (χ1n) is 22.8. The summed E-state index contributed by atoms with van der Waals surface area (Å²) in [5, 5.41) is 5.38. The highest BCUT2D eigenvalue weighted by molar-refractivity contribution is 7.26. The van der Waals surface area contributed by atoms with E-state index in [0.717, 1.165) is 11.4 Å². The van der Waals surface area contributed by atoms with Crippen LogP contribution in [0.5, 0.6) is 0 Å². The highest BCUT2D eigenvalue weighted by atomic mass is 32.1. The molecule has 0 N–H and O–H groups in total. The topological polar surface area (TPSA) is 3.24 Å². The lowest BCUT2D eigenvalue weighted by Crippen LogP contribution is -2.14. The maximum absolute atomic E-state index is 2.48. The molecule has 9 aromatic carbocycles. The number of hydrogen-bond donors (Lipinski definition) is 0. The van der Waals surface area contributed by atoms with Gasteiger partial charge in [0.2, 0.25) is 0 Å². The lowest BCUT2D eigenvalue weighted by molar-refractivity contribution is 0.445. The molecular formula is C61H49NS. The van der Waals surface area contributed by atoms with Gasteiger partial charge in [-0.3, -0.25) is 0 Å². The van der Waals surface area contributed by atoms with Gasteiger partial charge in [-0.25, -0.2) is 0 Å². The van der Waals surface area contributed by atoms with Crippen LogP contribution in [0.1, 0.15) is 68.6 Å². The monoisotopic (exact) mass is 827 g/mol. The number of nitrogens with zero attached hydrogens (tertiary/aromatic N) is 1. The van der Waals surface area contributed by atoms with Gasteiger partial charge in [-0.15, -0.1) is 11.3 Å². The van der Waals surface area contributed by atoms with Crippen molar-refractivity contribution in [3.63, 3.8) is 0 Å². The van der Waals surface area contributed by atoms with Crippen molar-refractivity contribution in [3.05, 3.63) is 211 Å². The van der Waals surface area contributed by atoms with E-state index in [1.165, 1.54) is 130 Å². The molecule has 0 spiro atoms. The van der Waals surface area contributed by atoms with E-state index in [0.29, 0.717) is 5.92 Å². The summed E-state index contributed by atoms with van der Waals surface area (Å²) in [5.74, 6) is 0.592. The van der Waals surface area contributed by atoms with Crippen molar-refractivity contribution < 1.29 is 0 Å². The minimum atomic E-state index is -0.0461. The third-order valence-corrected chi connectivity index (χ3v) is 15.5. The SMILES string of the molecule is CC1(C)c2ccccc2-c2c(-c3ccc(N(c4ccc(-c5cccc6c5sc5ccccc56)cc4)c4ccccc4-c4cccc5cccc(C6CCCCC6)c45)cc3)cccc21. The number of fused-ring (bicyclic) bond motifs is 7. The highest BCUT2D eigenvalue weighted by Crippen LogP contribution is 2.53. The molecule has 304 valence electrons. The van der Waals surface area contributed by atoms with E-state index in [1.807, 2.05) is 11.3 Å². The highest BCUT2D eigenvalue weighted by Gasteiger charge is 2.36. The predicted molar refractivity (Wildman–Crippen MR) is 271 cm³/mol. The summed E-state index contributed by atoms with van der Waals surface area (Å²) >= 11 is 1.89. The molecule has 0 unspecified atom stereocenters. The molecule has 10 aromatic rings. The van der Waals surface area contributed by atoms with Crippen molar-refractivity contribution in [1.82, 2.24) is 0 Å². The Morgan fingerprint density at radius 1 is 0.460 bits per heavy atom. The second-order valence-electron chi connectivity index (χ2n) is 18.2. The van der Waals surface area contributed by atoms with Gasteiger partial charge >= 0.3 is 0 Å². The van der Waals surface area contributed by atoms with Gasteiger partial charge in [0.15, 0.2) is 0 Å². The summed E-state index contributed by atoms with van der Waals surface area (Å²) in [4.78, 5) is 2.48. The molecule has 2 aliphatic rings. The molecule has 12 rings (SSSR count). The standard InChI is InChI=1S/C61H49NS/c1-61(2)54-28-9-6-22-53(54)59-47(24-15-29-55(59)61)41-32-36-44(37-33-41)62(45-38-34-42(35-39-45)48-25-14-27-52-50-21-8-11-31-57(50)63-60(48)52)56-30-10-7-20-49(56)51-26-13-19-43-18-12-23-46(58(43)51)40-16-4-3-5-17-40/h6-15,18-40H,3-5,16-17H2,1-2H3. The van der Waals surface area contributed by atoms with Crippen LogP contribution in [0, 0.1) is 0 Å². The molecule has 0 bridgehead atoms. The van der Waals surface area contributed by atoms with E-state index >= 15 is 0 Å². The van der Waals surface area contributed by atoms with Crippen molar-refractivity contribution >= 4 is 59.3 Å².